The molecule has 1 atom stereocenters. The molecule has 0 aliphatic heterocycles. The largest absolute Gasteiger partial charge is 0.387 e. The summed E-state index contributed by atoms with van der Waals surface area (Å²) in [5, 5.41) is 17.1. The van der Waals surface area contributed by atoms with E-state index in [-0.39, 0.29) is 12.5 Å². The minimum atomic E-state index is -0.718. The Morgan fingerprint density at radius 3 is 2.40 bits per heavy atom. The minimum absolute atomic E-state index is 0.184. The van der Waals surface area contributed by atoms with Crippen molar-refractivity contribution in [2.45, 2.75) is 11.0 Å². The van der Waals surface area contributed by atoms with E-state index in [1.54, 1.807) is 23.1 Å². The maximum Gasteiger partial charge on any atom is 0.251 e. The van der Waals surface area contributed by atoms with Gasteiger partial charge in [0.15, 0.2) is 0 Å². The molecular weight excluding hydrogens is 350 g/mol. The van der Waals surface area contributed by atoms with Crippen LogP contribution in [0.1, 0.15) is 22.0 Å². The van der Waals surface area contributed by atoms with Crippen LogP contribution in [0.2, 0.25) is 0 Å². The lowest BCUT2D eigenvalue weighted by Gasteiger charge is -2.13. The Balaban J connectivity index is 1.58. The van der Waals surface area contributed by atoms with Gasteiger partial charge in [0.05, 0.1) is 6.10 Å². The Labute approximate surface area is 155 Å². The minimum Gasteiger partial charge on any atom is -0.387 e. The molecule has 3 aromatic rings. The van der Waals surface area contributed by atoms with Crippen molar-refractivity contribution in [2.24, 2.45) is 0 Å². The second-order valence-electron chi connectivity index (χ2n) is 5.59. The lowest BCUT2D eigenvalue weighted by atomic mass is 10.1. The van der Waals surface area contributed by atoms with Gasteiger partial charge in [-0.15, -0.1) is 11.8 Å². The normalized spacial score (nSPS) is 11.9. The first kappa shape index (κ1) is 17.7. The number of hydrogen-bond acceptors (Lipinski definition) is 4. The number of rotatable bonds is 6. The topological polar surface area (TPSA) is 49.3 Å². The van der Waals surface area contributed by atoms with Crippen LogP contribution < -0.4 is 5.32 Å². The van der Waals surface area contributed by atoms with Gasteiger partial charge in [-0.3, -0.25) is 4.79 Å². The quantitative estimate of drug-likeness (QED) is 0.624. The van der Waals surface area contributed by atoms with E-state index in [9.17, 15) is 9.90 Å². The van der Waals surface area contributed by atoms with Crippen LogP contribution in [0.25, 0.3) is 11.1 Å². The molecule has 2 N–H and O–H groups in total. The Morgan fingerprint density at radius 2 is 1.80 bits per heavy atom. The molecule has 0 radical (unpaired) electrons. The number of thioether (sulfide) groups is 1. The van der Waals surface area contributed by atoms with Gasteiger partial charge in [0.1, 0.15) is 0 Å². The van der Waals surface area contributed by atoms with Gasteiger partial charge in [0.25, 0.3) is 5.91 Å². The van der Waals surface area contributed by atoms with E-state index in [1.165, 1.54) is 0 Å². The van der Waals surface area contributed by atoms with Crippen molar-refractivity contribution in [1.29, 1.82) is 0 Å². The van der Waals surface area contributed by atoms with Gasteiger partial charge in [0.2, 0.25) is 0 Å². The van der Waals surface area contributed by atoms with Gasteiger partial charge in [-0.25, -0.2) is 0 Å². The first-order valence-electron chi connectivity index (χ1n) is 7.90. The molecule has 0 saturated carbocycles. The van der Waals surface area contributed by atoms with Crippen LogP contribution >= 0.6 is 23.1 Å². The van der Waals surface area contributed by atoms with Crippen molar-refractivity contribution >= 4 is 29.0 Å². The number of carbonyl (C=O) groups is 1. The molecule has 1 amide bonds. The number of aliphatic hydroxyl groups is 1. The summed E-state index contributed by atoms with van der Waals surface area (Å²) in [6, 6.07) is 17.3. The second-order valence-corrected chi connectivity index (χ2v) is 7.25. The van der Waals surface area contributed by atoms with Crippen molar-refractivity contribution in [2.75, 3.05) is 12.8 Å². The molecule has 3 nitrogen and oxygen atoms in total. The molecule has 1 heterocycles. The van der Waals surface area contributed by atoms with Crippen molar-refractivity contribution < 1.29 is 9.90 Å². The molecule has 3 rings (SSSR count). The first-order valence-corrected chi connectivity index (χ1v) is 10.1. The molecule has 2 aromatic carbocycles. The number of hydrogen-bond donors (Lipinski definition) is 2. The fourth-order valence-corrected chi connectivity index (χ4v) is 3.55. The lowest BCUT2D eigenvalue weighted by molar-refractivity contribution is 0.0916. The number of thiophene rings is 1. The number of benzene rings is 2. The average molecular weight is 370 g/mol. The van der Waals surface area contributed by atoms with Crippen molar-refractivity contribution in [1.82, 2.24) is 5.32 Å². The van der Waals surface area contributed by atoms with Gasteiger partial charge in [-0.05, 0) is 64.0 Å². The van der Waals surface area contributed by atoms with Crippen LogP contribution in [0, 0.1) is 0 Å². The summed E-state index contributed by atoms with van der Waals surface area (Å²) in [5.41, 5.74) is 3.63. The highest BCUT2D eigenvalue weighted by Gasteiger charge is 2.11. The first-order chi connectivity index (χ1) is 12.2. The van der Waals surface area contributed by atoms with Crippen LogP contribution in [-0.2, 0) is 0 Å². The Kier molecular flexibility index (Phi) is 5.91. The van der Waals surface area contributed by atoms with Gasteiger partial charge < -0.3 is 10.4 Å². The molecule has 1 unspecified atom stereocenters. The maximum atomic E-state index is 12.3. The van der Waals surface area contributed by atoms with Gasteiger partial charge >= 0.3 is 0 Å². The molecule has 0 aliphatic carbocycles. The van der Waals surface area contributed by atoms with Crippen LogP contribution in [0.15, 0.2) is 70.3 Å². The smallest absolute Gasteiger partial charge is 0.251 e. The lowest BCUT2D eigenvalue weighted by Crippen LogP contribution is -2.28. The molecule has 5 heteroatoms. The molecule has 0 saturated heterocycles. The number of amides is 1. The van der Waals surface area contributed by atoms with Crippen LogP contribution in [0.4, 0.5) is 0 Å². The molecular formula is C20H19NO2S2. The van der Waals surface area contributed by atoms with Gasteiger partial charge in [0, 0.05) is 17.0 Å². The second kappa shape index (κ2) is 8.34. The standard InChI is InChI=1S/C20H19NO2S2/c1-24-18-8-6-15(7-9-18)19(22)12-21-20(23)16-4-2-14(3-5-16)17-10-11-25-13-17/h2-11,13,19,22H,12H2,1H3,(H,21,23). The summed E-state index contributed by atoms with van der Waals surface area (Å²) in [5.74, 6) is -0.184. The Morgan fingerprint density at radius 1 is 1.08 bits per heavy atom. The van der Waals surface area contributed by atoms with E-state index in [0.717, 1.165) is 21.6 Å². The van der Waals surface area contributed by atoms with Crippen LogP contribution in [0.5, 0.6) is 0 Å². The number of carbonyl (C=O) groups excluding carboxylic acids is 1. The summed E-state index contributed by atoms with van der Waals surface area (Å²) in [6.45, 7) is 0.184. The SMILES string of the molecule is CSc1ccc(C(O)CNC(=O)c2ccc(-c3ccsc3)cc2)cc1. The van der Waals surface area contributed by atoms with Crippen LogP contribution in [0.3, 0.4) is 0 Å². The predicted molar refractivity (Wildman–Crippen MR) is 105 cm³/mol. The van der Waals surface area contributed by atoms with E-state index >= 15 is 0 Å². The summed E-state index contributed by atoms with van der Waals surface area (Å²) < 4.78 is 0. The molecule has 0 bridgehead atoms. The predicted octanol–water partition coefficient (Wildman–Crippen LogP) is 4.60. The summed E-state index contributed by atoms with van der Waals surface area (Å²) >= 11 is 3.30. The monoisotopic (exact) mass is 369 g/mol. The Bertz CT molecular complexity index is 812. The Hall–Kier alpha value is -2.08. The third kappa shape index (κ3) is 4.51. The third-order valence-electron chi connectivity index (χ3n) is 3.96. The van der Waals surface area contributed by atoms with E-state index in [0.29, 0.717) is 5.56 Å². The summed E-state index contributed by atoms with van der Waals surface area (Å²) in [4.78, 5) is 13.4. The highest BCUT2D eigenvalue weighted by molar-refractivity contribution is 7.98. The van der Waals surface area contributed by atoms with Gasteiger partial charge in [-0.1, -0.05) is 24.3 Å². The van der Waals surface area contributed by atoms with Crippen LogP contribution in [-0.4, -0.2) is 23.8 Å². The van der Waals surface area contributed by atoms with E-state index < -0.39 is 6.10 Å². The number of aliphatic hydroxyl groups excluding tert-OH is 1. The summed E-state index contributed by atoms with van der Waals surface area (Å²) in [7, 11) is 0. The molecule has 1 aromatic heterocycles. The molecule has 25 heavy (non-hydrogen) atoms. The van der Waals surface area contributed by atoms with E-state index in [1.807, 2.05) is 60.2 Å². The van der Waals surface area contributed by atoms with E-state index in [4.69, 9.17) is 0 Å². The van der Waals surface area contributed by atoms with Gasteiger partial charge in [-0.2, -0.15) is 11.3 Å². The molecule has 0 spiro atoms. The highest BCUT2D eigenvalue weighted by atomic mass is 32.2. The van der Waals surface area contributed by atoms with Crippen molar-refractivity contribution in [3.8, 4) is 11.1 Å². The fourth-order valence-electron chi connectivity index (χ4n) is 2.48. The molecule has 128 valence electrons. The van der Waals surface area contributed by atoms with E-state index in [2.05, 4.69) is 16.8 Å². The average Bonchev–Trinajstić information content (AvgIpc) is 3.21. The zero-order chi connectivity index (χ0) is 17.6. The maximum absolute atomic E-state index is 12.3. The zero-order valence-electron chi connectivity index (χ0n) is 13.8. The summed E-state index contributed by atoms with van der Waals surface area (Å²) in [6.07, 6.45) is 1.29. The van der Waals surface area contributed by atoms with Crippen molar-refractivity contribution in [3.63, 3.8) is 0 Å². The third-order valence-corrected chi connectivity index (χ3v) is 5.38. The van der Waals surface area contributed by atoms with Crippen molar-refractivity contribution in [3.05, 3.63) is 76.5 Å². The molecule has 0 fully saturated rings. The molecule has 0 aliphatic rings. The number of nitrogens with one attached hydrogen (secondary N) is 1. The fraction of sp³-hybridized carbons (Fsp3) is 0.150. The zero-order valence-corrected chi connectivity index (χ0v) is 15.4. The highest BCUT2D eigenvalue weighted by Crippen LogP contribution is 2.22.